The van der Waals surface area contributed by atoms with Gasteiger partial charge < -0.3 is 9.47 Å². The molecule has 1 heterocycles. The van der Waals surface area contributed by atoms with E-state index in [0.717, 1.165) is 10.0 Å². The Morgan fingerprint density at radius 1 is 1.00 bits per heavy atom. The number of ether oxygens (including phenoxy) is 2. The van der Waals surface area contributed by atoms with Crippen LogP contribution in [0.15, 0.2) is 77.0 Å². The summed E-state index contributed by atoms with van der Waals surface area (Å²) in [5, 5.41) is 0.533. The van der Waals surface area contributed by atoms with Crippen molar-refractivity contribution in [3.8, 4) is 11.5 Å². The van der Waals surface area contributed by atoms with Crippen molar-refractivity contribution in [3.05, 3.63) is 98.7 Å². The van der Waals surface area contributed by atoms with Gasteiger partial charge in [0.05, 0.1) is 11.1 Å². The van der Waals surface area contributed by atoms with E-state index >= 15 is 0 Å². The Morgan fingerprint density at radius 2 is 1.71 bits per heavy atom. The van der Waals surface area contributed by atoms with Crippen molar-refractivity contribution in [2.75, 3.05) is 0 Å². The molecule has 28 heavy (non-hydrogen) atoms. The molecule has 0 unspecified atom stereocenters. The number of hydrogen-bond donors (Lipinski definition) is 0. The fraction of sp³-hybridized carbons (Fsp3) is 0. The molecule has 0 aliphatic carbocycles. The molecule has 4 nitrogen and oxygen atoms in total. The average Bonchev–Trinajstić information content (AvgIpc) is 2.99. The van der Waals surface area contributed by atoms with Gasteiger partial charge in [0.2, 0.25) is 5.78 Å². The Labute approximate surface area is 174 Å². The van der Waals surface area contributed by atoms with E-state index in [1.807, 2.05) is 24.3 Å². The molecule has 3 aromatic carbocycles. The van der Waals surface area contributed by atoms with Crippen LogP contribution in [0, 0.1) is 0 Å². The van der Waals surface area contributed by atoms with E-state index in [-0.39, 0.29) is 17.3 Å². The Morgan fingerprint density at radius 3 is 2.43 bits per heavy atom. The lowest BCUT2D eigenvalue weighted by molar-refractivity contribution is 0.0734. The largest absolute Gasteiger partial charge is 0.452 e. The molecule has 0 radical (unpaired) electrons. The SMILES string of the molecule is O=C(Oc1ccc2c(c1)O/C(=C\c1ccc(Br)cc1)C2=O)c1ccc(Cl)cc1. The first-order valence-electron chi connectivity index (χ1n) is 8.31. The molecule has 0 aromatic heterocycles. The van der Waals surface area contributed by atoms with Crippen molar-refractivity contribution in [1.82, 2.24) is 0 Å². The van der Waals surface area contributed by atoms with E-state index in [0.29, 0.717) is 21.9 Å². The van der Waals surface area contributed by atoms with Gasteiger partial charge in [0.25, 0.3) is 0 Å². The Hall–Kier alpha value is -2.89. The van der Waals surface area contributed by atoms with E-state index in [9.17, 15) is 9.59 Å². The number of Topliss-reactive ketones (excluding diaryl/α,β-unsaturated/α-hetero) is 1. The lowest BCUT2D eigenvalue weighted by atomic mass is 10.1. The van der Waals surface area contributed by atoms with Gasteiger partial charge in [-0.15, -0.1) is 0 Å². The molecule has 0 amide bonds. The summed E-state index contributed by atoms with van der Waals surface area (Å²) in [6.07, 6.45) is 1.67. The molecule has 1 aliphatic heterocycles. The summed E-state index contributed by atoms with van der Waals surface area (Å²) in [5.41, 5.74) is 1.64. The standard InChI is InChI=1S/C22H12BrClO4/c23-15-5-1-13(2-6-15)11-20-21(25)18-10-9-17(12-19(18)28-20)27-22(26)14-3-7-16(24)8-4-14/h1-12H/b20-11-. The van der Waals surface area contributed by atoms with Crippen LogP contribution in [0.2, 0.25) is 5.02 Å². The minimum Gasteiger partial charge on any atom is -0.452 e. The van der Waals surface area contributed by atoms with Crippen molar-refractivity contribution >= 4 is 45.4 Å². The minimum atomic E-state index is -0.522. The van der Waals surface area contributed by atoms with Crippen LogP contribution < -0.4 is 9.47 Å². The van der Waals surface area contributed by atoms with E-state index in [1.165, 1.54) is 6.07 Å². The van der Waals surface area contributed by atoms with Crippen molar-refractivity contribution in [3.63, 3.8) is 0 Å². The van der Waals surface area contributed by atoms with Crippen LogP contribution in [-0.2, 0) is 0 Å². The highest BCUT2D eigenvalue weighted by atomic mass is 79.9. The zero-order valence-corrected chi connectivity index (χ0v) is 16.7. The summed E-state index contributed by atoms with van der Waals surface area (Å²) in [6.45, 7) is 0. The first kappa shape index (κ1) is 18.5. The monoisotopic (exact) mass is 454 g/mol. The molecule has 0 saturated heterocycles. The predicted octanol–water partition coefficient (Wildman–Crippen LogP) is 5.94. The average molecular weight is 456 g/mol. The highest BCUT2D eigenvalue weighted by Gasteiger charge is 2.28. The summed E-state index contributed by atoms with van der Waals surface area (Å²) in [6, 6.07) is 18.6. The number of hydrogen-bond acceptors (Lipinski definition) is 4. The molecule has 0 fully saturated rings. The Bertz CT molecular complexity index is 1100. The Kier molecular flexibility index (Phi) is 5.03. The van der Waals surface area contributed by atoms with Gasteiger partial charge in [0, 0.05) is 15.6 Å². The third kappa shape index (κ3) is 3.86. The number of rotatable bonds is 3. The number of carbonyl (C=O) groups is 2. The van der Waals surface area contributed by atoms with Crippen molar-refractivity contribution in [2.45, 2.75) is 0 Å². The fourth-order valence-corrected chi connectivity index (χ4v) is 3.08. The second-order valence-corrected chi connectivity index (χ2v) is 7.40. The molecular formula is C22H12BrClO4. The highest BCUT2D eigenvalue weighted by Crippen LogP contribution is 2.35. The highest BCUT2D eigenvalue weighted by molar-refractivity contribution is 9.10. The maximum Gasteiger partial charge on any atom is 0.343 e. The van der Waals surface area contributed by atoms with Gasteiger partial charge in [0.15, 0.2) is 5.76 Å². The van der Waals surface area contributed by atoms with Crippen LogP contribution in [0.1, 0.15) is 26.3 Å². The lowest BCUT2D eigenvalue weighted by Crippen LogP contribution is -2.08. The summed E-state index contributed by atoms with van der Waals surface area (Å²) in [4.78, 5) is 24.8. The maximum atomic E-state index is 12.5. The zero-order valence-electron chi connectivity index (χ0n) is 14.3. The minimum absolute atomic E-state index is 0.214. The molecule has 3 aromatic rings. The van der Waals surface area contributed by atoms with Gasteiger partial charge in [-0.1, -0.05) is 39.7 Å². The molecule has 1 aliphatic rings. The molecule has 0 saturated carbocycles. The number of esters is 1. The molecular weight excluding hydrogens is 444 g/mol. The predicted molar refractivity (Wildman–Crippen MR) is 110 cm³/mol. The third-order valence-electron chi connectivity index (χ3n) is 4.10. The number of allylic oxidation sites excluding steroid dienone is 1. The van der Waals surface area contributed by atoms with Gasteiger partial charge in [-0.3, -0.25) is 4.79 Å². The molecule has 0 spiro atoms. The summed E-state index contributed by atoms with van der Waals surface area (Å²) < 4.78 is 12.0. The topological polar surface area (TPSA) is 52.6 Å². The molecule has 0 N–H and O–H groups in total. The number of carbonyl (C=O) groups excluding carboxylic acids is 2. The normalized spacial score (nSPS) is 13.9. The van der Waals surface area contributed by atoms with Crippen molar-refractivity contribution < 1.29 is 19.1 Å². The van der Waals surface area contributed by atoms with Crippen LogP contribution in [0.5, 0.6) is 11.5 Å². The third-order valence-corrected chi connectivity index (χ3v) is 4.88. The van der Waals surface area contributed by atoms with E-state index in [4.69, 9.17) is 21.1 Å². The second-order valence-electron chi connectivity index (χ2n) is 6.05. The van der Waals surface area contributed by atoms with Crippen LogP contribution in [-0.4, -0.2) is 11.8 Å². The number of benzene rings is 3. The smallest absolute Gasteiger partial charge is 0.343 e. The number of ketones is 1. The van der Waals surface area contributed by atoms with Crippen LogP contribution in [0.4, 0.5) is 0 Å². The van der Waals surface area contributed by atoms with E-state index in [2.05, 4.69) is 15.9 Å². The van der Waals surface area contributed by atoms with Crippen molar-refractivity contribution in [1.29, 1.82) is 0 Å². The Balaban J connectivity index is 1.54. The first-order valence-corrected chi connectivity index (χ1v) is 9.48. The van der Waals surface area contributed by atoms with Gasteiger partial charge in [-0.25, -0.2) is 4.79 Å². The fourth-order valence-electron chi connectivity index (χ4n) is 2.69. The number of halogens is 2. The van der Waals surface area contributed by atoms with Gasteiger partial charge in [-0.2, -0.15) is 0 Å². The van der Waals surface area contributed by atoms with Crippen molar-refractivity contribution in [2.24, 2.45) is 0 Å². The summed E-state index contributed by atoms with van der Waals surface area (Å²) in [7, 11) is 0. The first-order chi connectivity index (χ1) is 13.5. The van der Waals surface area contributed by atoms with E-state index in [1.54, 1.807) is 42.5 Å². The molecule has 4 rings (SSSR count). The molecule has 0 atom stereocenters. The van der Waals surface area contributed by atoms with E-state index < -0.39 is 5.97 Å². The molecule has 138 valence electrons. The maximum absolute atomic E-state index is 12.5. The number of fused-ring (bicyclic) bond motifs is 1. The van der Waals surface area contributed by atoms with Gasteiger partial charge in [-0.05, 0) is 60.2 Å². The summed E-state index contributed by atoms with van der Waals surface area (Å²) >= 11 is 9.20. The van der Waals surface area contributed by atoms with Crippen LogP contribution >= 0.6 is 27.5 Å². The quantitative estimate of drug-likeness (QED) is 0.279. The van der Waals surface area contributed by atoms with Crippen LogP contribution in [0.25, 0.3) is 6.08 Å². The van der Waals surface area contributed by atoms with Gasteiger partial charge in [0.1, 0.15) is 11.5 Å². The summed E-state index contributed by atoms with van der Waals surface area (Å²) in [5.74, 6) is 0.129. The van der Waals surface area contributed by atoms with Gasteiger partial charge >= 0.3 is 5.97 Å². The second kappa shape index (κ2) is 7.62. The van der Waals surface area contributed by atoms with Crippen LogP contribution in [0.3, 0.4) is 0 Å². The lowest BCUT2D eigenvalue weighted by Gasteiger charge is -2.05. The molecule has 0 bridgehead atoms. The molecule has 6 heteroatoms. The zero-order chi connectivity index (χ0) is 19.7.